The Morgan fingerprint density at radius 2 is 1.55 bits per heavy atom. The van der Waals surface area contributed by atoms with Crippen LogP contribution in [0.5, 0.6) is 0 Å². The third-order valence-electron chi connectivity index (χ3n) is 5.30. The molecule has 0 saturated carbocycles. The van der Waals surface area contributed by atoms with Crippen molar-refractivity contribution in [3.63, 3.8) is 0 Å². The van der Waals surface area contributed by atoms with Crippen molar-refractivity contribution >= 4 is 27.4 Å². The van der Waals surface area contributed by atoms with Gasteiger partial charge in [-0.15, -0.1) is 0 Å². The summed E-state index contributed by atoms with van der Waals surface area (Å²) < 4.78 is 28.5. The number of carbonyl (C=O) groups excluding carboxylic acids is 1. The minimum atomic E-state index is -3.99. The first-order chi connectivity index (χ1) is 15.9. The van der Waals surface area contributed by atoms with E-state index in [9.17, 15) is 18.3 Å². The van der Waals surface area contributed by atoms with Crippen molar-refractivity contribution in [2.24, 2.45) is 0 Å². The Hall–Kier alpha value is -2.55. The van der Waals surface area contributed by atoms with Gasteiger partial charge in [-0.25, -0.2) is 8.42 Å². The zero-order valence-corrected chi connectivity index (χ0v) is 19.5. The molecule has 8 heteroatoms. The molecule has 0 radical (unpaired) electrons. The third kappa shape index (κ3) is 6.28. The van der Waals surface area contributed by atoms with Crippen molar-refractivity contribution in [1.82, 2.24) is 4.31 Å². The van der Waals surface area contributed by atoms with Gasteiger partial charge >= 0.3 is 0 Å². The van der Waals surface area contributed by atoms with E-state index in [1.165, 1.54) is 28.6 Å². The summed E-state index contributed by atoms with van der Waals surface area (Å²) in [4.78, 5) is 12.3. The highest BCUT2D eigenvalue weighted by atomic mass is 35.5. The maximum absolute atomic E-state index is 13.6. The van der Waals surface area contributed by atoms with Crippen LogP contribution < -0.4 is 0 Å². The molecule has 3 aromatic carbocycles. The Labute approximate surface area is 199 Å². The minimum Gasteiger partial charge on any atom is -0.396 e. The smallest absolute Gasteiger partial charge is 0.244 e. The van der Waals surface area contributed by atoms with Crippen molar-refractivity contribution in [1.29, 1.82) is 0 Å². The van der Waals surface area contributed by atoms with E-state index in [2.05, 4.69) is 0 Å². The average Bonchev–Trinajstić information content (AvgIpc) is 2.83. The maximum Gasteiger partial charge on any atom is 0.244 e. The predicted octanol–water partition coefficient (Wildman–Crippen LogP) is 4.22. The lowest BCUT2D eigenvalue weighted by molar-refractivity contribution is 0.0971. The van der Waals surface area contributed by atoms with E-state index >= 15 is 0 Å². The fourth-order valence-electron chi connectivity index (χ4n) is 3.50. The van der Waals surface area contributed by atoms with Gasteiger partial charge in [0.05, 0.1) is 17.5 Å². The normalized spacial score (nSPS) is 12.6. The maximum atomic E-state index is 13.6. The van der Waals surface area contributed by atoms with Crippen molar-refractivity contribution in [2.75, 3.05) is 13.2 Å². The summed E-state index contributed by atoms with van der Waals surface area (Å²) in [5.74, 6) is -0.0845. The van der Waals surface area contributed by atoms with Crippen LogP contribution in [0.1, 0.15) is 40.4 Å². The molecule has 174 valence electrons. The van der Waals surface area contributed by atoms with Crippen LogP contribution in [0, 0.1) is 0 Å². The first-order valence-corrected chi connectivity index (χ1v) is 12.3. The number of carbonyl (C=O) groups is 1. The summed E-state index contributed by atoms with van der Waals surface area (Å²) in [5, 5.41) is 19.5. The highest BCUT2D eigenvalue weighted by Gasteiger charge is 2.32. The molecule has 3 aromatic rings. The first-order valence-electron chi connectivity index (χ1n) is 10.5. The van der Waals surface area contributed by atoms with Gasteiger partial charge in [-0.1, -0.05) is 66.2 Å². The summed E-state index contributed by atoms with van der Waals surface area (Å²) in [6, 6.07) is 20.7. The van der Waals surface area contributed by atoms with Gasteiger partial charge in [0.25, 0.3) is 0 Å². The number of sulfonamides is 1. The molecule has 3 rings (SSSR count). The topological polar surface area (TPSA) is 94.9 Å². The van der Waals surface area contributed by atoms with E-state index in [1.54, 1.807) is 48.5 Å². The molecule has 0 aromatic heterocycles. The molecule has 6 nitrogen and oxygen atoms in total. The van der Waals surface area contributed by atoms with Gasteiger partial charge in [0.2, 0.25) is 10.0 Å². The Kier molecular flexibility index (Phi) is 8.77. The lowest BCUT2D eigenvalue weighted by atomic mass is 10.0. The molecular formula is C25H26ClNO5S. The van der Waals surface area contributed by atoms with Gasteiger partial charge in [-0.2, -0.15) is 4.31 Å². The fourth-order valence-corrected chi connectivity index (χ4v) is 5.22. The molecule has 0 saturated heterocycles. The van der Waals surface area contributed by atoms with Crippen molar-refractivity contribution < 1.29 is 23.4 Å². The number of nitrogens with zero attached hydrogens (tertiary/aromatic N) is 1. The first kappa shape index (κ1) is 25.1. The number of hydrogen-bond donors (Lipinski definition) is 2. The summed E-state index contributed by atoms with van der Waals surface area (Å²) in [5.41, 5.74) is 1.83. The molecule has 0 aliphatic rings. The quantitative estimate of drug-likeness (QED) is 0.395. The number of aliphatic hydroxyl groups is 2. The van der Waals surface area contributed by atoms with Gasteiger partial charge in [0.1, 0.15) is 0 Å². The summed E-state index contributed by atoms with van der Waals surface area (Å²) >= 11 is 5.94. The van der Waals surface area contributed by atoms with Crippen molar-refractivity contribution in [2.45, 2.75) is 30.3 Å². The number of rotatable bonds is 11. The van der Waals surface area contributed by atoms with Crippen LogP contribution in [-0.4, -0.2) is 41.9 Å². The number of ketones is 1. The van der Waals surface area contributed by atoms with E-state index < -0.39 is 22.7 Å². The van der Waals surface area contributed by atoms with Gasteiger partial charge in [0.15, 0.2) is 5.78 Å². The summed E-state index contributed by atoms with van der Waals surface area (Å²) in [6.45, 7) is -0.464. The Bertz CT molecular complexity index is 1150. The fraction of sp³-hybridized carbons (Fsp3) is 0.240. The van der Waals surface area contributed by atoms with Gasteiger partial charge in [0, 0.05) is 30.2 Å². The number of aliphatic hydroxyl groups excluding tert-OH is 2. The Morgan fingerprint density at radius 1 is 0.909 bits per heavy atom. The number of Topliss-reactive ketones (excluding diaryl/α,β-unsaturated/α-hetero) is 1. The van der Waals surface area contributed by atoms with Crippen LogP contribution in [0.3, 0.4) is 0 Å². The van der Waals surface area contributed by atoms with Crippen LogP contribution >= 0.6 is 11.6 Å². The van der Waals surface area contributed by atoms with Crippen LogP contribution in [0.25, 0.3) is 0 Å². The molecule has 33 heavy (non-hydrogen) atoms. The van der Waals surface area contributed by atoms with E-state index in [4.69, 9.17) is 16.7 Å². The lowest BCUT2D eigenvalue weighted by Crippen LogP contribution is -2.36. The lowest BCUT2D eigenvalue weighted by Gasteiger charge is -2.30. The van der Waals surface area contributed by atoms with Crippen LogP contribution in [0.4, 0.5) is 0 Å². The van der Waals surface area contributed by atoms with Crippen LogP contribution in [-0.2, 0) is 16.6 Å². The van der Waals surface area contributed by atoms with E-state index in [1.807, 2.05) is 6.07 Å². The third-order valence-corrected chi connectivity index (χ3v) is 7.42. The molecule has 0 aliphatic carbocycles. The molecule has 0 aliphatic heterocycles. The molecule has 0 spiro atoms. The Balaban J connectivity index is 1.97. The second-order valence-electron chi connectivity index (χ2n) is 7.56. The molecule has 2 N–H and O–H groups in total. The molecule has 0 bridgehead atoms. The highest BCUT2D eigenvalue weighted by molar-refractivity contribution is 7.89. The molecule has 1 unspecified atom stereocenters. The Morgan fingerprint density at radius 3 is 2.12 bits per heavy atom. The predicted molar refractivity (Wildman–Crippen MR) is 128 cm³/mol. The average molecular weight is 488 g/mol. The summed E-state index contributed by atoms with van der Waals surface area (Å²) in [6.07, 6.45) is 0.635. The van der Waals surface area contributed by atoms with Crippen LogP contribution in [0.15, 0.2) is 83.8 Å². The second kappa shape index (κ2) is 11.5. The zero-order valence-electron chi connectivity index (χ0n) is 18.0. The number of benzene rings is 3. The largest absolute Gasteiger partial charge is 0.396 e. The van der Waals surface area contributed by atoms with E-state index in [0.29, 0.717) is 28.1 Å². The SMILES string of the molecule is O=C(CCCO)c1ccc(CN(C(CO)c2ccccc2)S(=O)(=O)c2ccc(Cl)cc2)cc1. The number of halogens is 1. The monoisotopic (exact) mass is 487 g/mol. The van der Waals surface area contributed by atoms with Gasteiger partial charge < -0.3 is 10.2 Å². The van der Waals surface area contributed by atoms with Crippen molar-refractivity contribution in [3.8, 4) is 0 Å². The van der Waals surface area contributed by atoms with Gasteiger partial charge in [-0.05, 0) is 41.8 Å². The van der Waals surface area contributed by atoms with Crippen molar-refractivity contribution in [3.05, 3.63) is 101 Å². The minimum absolute atomic E-state index is 0.00378. The standard InChI is InChI=1S/C25H26ClNO5S/c26-22-12-14-23(15-13-22)33(31,32)27(24(18-29)20-5-2-1-3-6-20)17-19-8-10-21(11-9-19)25(30)7-4-16-28/h1-3,5-6,8-15,24,28-29H,4,7,16-18H2. The molecule has 0 fully saturated rings. The molecule has 0 heterocycles. The molecule has 1 atom stereocenters. The number of hydrogen-bond acceptors (Lipinski definition) is 5. The highest BCUT2D eigenvalue weighted by Crippen LogP contribution is 2.30. The second-order valence-corrected chi connectivity index (χ2v) is 9.89. The van der Waals surface area contributed by atoms with Gasteiger partial charge in [-0.3, -0.25) is 4.79 Å². The van der Waals surface area contributed by atoms with E-state index in [0.717, 1.165) is 0 Å². The van der Waals surface area contributed by atoms with Crippen LogP contribution in [0.2, 0.25) is 5.02 Å². The van der Waals surface area contributed by atoms with E-state index in [-0.39, 0.29) is 30.3 Å². The molecular weight excluding hydrogens is 462 g/mol. The molecule has 0 amide bonds. The summed E-state index contributed by atoms with van der Waals surface area (Å²) in [7, 11) is -3.99. The zero-order chi connectivity index (χ0) is 23.8.